The van der Waals surface area contributed by atoms with Crippen molar-refractivity contribution in [1.29, 1.82) is 0 Å². The molecule has 0 saturated heterocycles. The van der Waals surface area contributed by atoms with Gasteiger partial charge in [0.1, 0.15) is 5.75 Å². The number of nitrogens with one attached hydrogen (secondary N) is 1. The SMILES string of the molecule is CNC(=O)Cc1cccc(OCC(=O)O)c1. The molecule has 0 aliphatic heterocycles. The summed E-state index contributed by atoms with van der Waals surface area (Å²) in [6.45, 7) is -0.385. The van der Waals surface area contributed by atoms with E-state index in [1.165, 1.54) is 0 Å². The maximum atomic E-state index is 11.1. The summed E-state index contributed by atoms with van der Waals surface area (Å²) >= 11 is 0. The molecule has 16 heavy (non-hydrogen) atoms. The summed E-state index contributed by atoms with van der Waals surface area (Å²) in [4.78, 5) is 21.4. The van der Waals surface area contributed by atoms with Gasteiger partial charge in [0, 0.05) is 7.05 Å². The van der Waals surface area contributed by atoms with Gasteiger partial charge < -0.3 is 15.2 Å². The molecule has 0 aliphatic carbocycles. The molecule has 0 atom stereocenters. The largest absolute Gasteiger partial charge is 0.482 e. The number of amides is 1. The van der Waals surface area contributed by atoms with Crippen molar-refractivity contribution < 1.29 is 19.4 Å². The smallest absolute Gasteiger partial charge is 0.341 e. The predicted molar refractivity (Wildman–Crippen MR) is 57.3 cm³/mol. The highest BCUT2D eigenvalue weighted by molar-refractivity contribution is 5.78. The Bertz CT molecular complexity index is 389. The maximum Gasteiger partial charge on any atom is 0.341 e. The Morgan fingerprint density at radius 2 is 2.19 bits per heavy atom. The molecule has 2 N–H and O–H groups in total. The van der Waals surface area contributed by atoms with Gasteiger partial charge in [-0.3, -0.25) is 4.79 Å². The van der Waals surface area contributed by atoms with Crippen LogP contribution in [-0.2, 0) is 16.0 Å². The molecule has 0 bridgehead atoms. The zero-order chi connectivity index (χ0) is 12.0. The van der Waals surface area contributed by atoms with Crippen LogP contribution in [0.15, 0.2) is 24.3 Å². The first-order chi connectivity index (χ1) is 7.61. The van der Waals surface area contributed by atoms with E-state index in [1.54, 1.807) is 31.3 Å². The highest BCUT2D eigenvalue weighted by Crippen LogP contribution is 2.13. The number of carboxylic acids is 1. The Morgan fingerprint density at radius 3 is 2.81 bits per heavy atom. The first kappa shape index (κ1) is 12.0. The first-order valence-corrected chi connectivity index (χ1v) is 4.76. The minimum Gasteiger partial charge on any atom is -0.482 e. The van der Waals surface area contributed by atoms with E-state index in [-0.39, 0.29) is 18.9 Å². The molecule has 1 rings (SSSR count). The Kier molecular flexibility index (Phi) is 4.32. The van der Waals surface area contributed by atoms with E-state index >= 15 is 0 Å². The van der Waals surface area contributed by atoms with Crippen molar-refractivity contribution in [2.45, 2.75) is 6.42 Å². The Balaban J connectivity index is 2.63. The molecule has 0 unspecified atom stereocenters. The number of rotatable bonds is 5. The lowest BCUT2D eigenvalue weighted by Crippen LogP contribution is -2.19. The Hall–Kier alpha value is -2.04. The number of carbonyl (C=O) groups excluding carboxylic acids is 1. The van der Waals surface area contributed by atoms with Crippen molar-refractivity contribution >= 4 is 11.9 Å². The molecule has 0 aliphatic rings. The van der Waals surface area contributed by atoms with Gasteiger partial charge in [-0.15, -0.1) is 0 Å². The molecule has 0 radical (unpaired) electrons. The van der Waals surface area contributed by atoms with Gasteiger partial charge in [-0.1, -0.05) is 12.1 Å². The van der Waals surface area contributed by atoms with Crippen molar-refractivity contribution in [2.24, 2.45) is 0 Å². The van der Waals surface area contributed by atoms with Crippen LogP contribution in [0.1, 0.15) is 5.56 Å². The minimum atomic E-state index is -1.03. The quantitative estimate of drug-likeness (QED) is 0.759. The highest BCUT2D eigenvalue weighted by Gasteiger charge is 2.03. The van der Waals surface area contributed by atoms with Gasteiger partial charge in [-0.25, -0.2) is 4.79 Å². The molecule has 1 aromatic rings. The molecular formula is C11H13NO4. The van der Waals surface area contributed by atoms with Crippen LogP contribution in [0.5, 0.6) is 5.75 Å². The average molecular weight is 223 g/mol. The Morgan fingerprint density at radius 1 is 1.44 bits per heavy atom. The normalized spacial score (nSPS) is 9.56. The zero-order valence-corrected chi connectivity index (χ0v) is 8.90. The van der Waals surface area contributed by atoms with Crippen LogP contribution >= 0.6 is 0 Å². The van der Waals surface area contributed by atoms with E-state index in [0.29, 0.717) is 5.75 Å². The standard InChI is InChI=1S/C11H13NO4/c1-12-10(13)6-8-3-2-4-9(5-8)16-7-11(14)15/h2-5H,6-7H2,1H3,(H,12,13)(H,14,15). The summed E-state index contributed by atoms with van der Waals surface area (Å²) in [5.74, 6) is -0.684. The number of ether oxygens (including phenoxy) is 1. The number of aliphatic carboxylic acids is 1. The first-order valence-electron chi connectivity index (χ1n) is 4.76. The van der Waals surface area contributed by atoms with Crippen LogP contribution in [0.25, 0.3) is 0 Å². The molecule has 0 aromatic heterocycles. The van der Waals surface area contributed by atoms with E-state index in [2.05, 4.69) is 5.32 Å². The summed E-state index contributed by atoms with van der Waals surface area (Å²) in [7, 11) is 1.56. The van der Waals surface area contributed by atoms with Crippen molar-refractivity contribution in [3.8, 4) is 5.75 Å². The lowest BCUT2D eigenvalue weighted by Gasteiger charge is -2.05. The fourth-order valence-corrected chi connectivity index (χ4v) is 1.16. The van der Waals surface area contributed by atoms with Crippen LogP contribution < -0.4 is 10.1 Å². The van der Waals surface area contributed by atoms with Crippen LogP contribution in [-0.4, -0.2) is 30.6 Å². The van der Waals surface area contributed by atoms with Crippen molar-refractivity contribution in [3.63, 3.8) is 0 Å². The van der Waals surface area contributed by atoms with Gasteiger partial charge in [-0.05, 0) is 17.7 Å². The lowest BCUT2D eigenvalue weighted by atomic mass is 10.1. The lowest BCUT2D eigenvalue weighted by molar-refractivity contribution is -0.139. The number of likely N-dealkylation sites (N-methyl/N-ethyl adjacent to an activating group) is 1. The summed E-state index contributed by atoms with van der Waals surface area (Å²) in [5.41, 5.74) is 0.780. The highest BCUT2D eigenvalue weighted by atomic mass is 16.5. The molecule has 0 saturated carbocycles. The van der Waals surface area contributed by atoms with Gasteiger partial charge in [0.05, 0.1) is 6.42 Å². The number of carboxylic acid groups (broad SMARTS) is 1. The van der Waals surface area contributed by atoms with Gasteiger partial charge in [0.2, 0.25) is 5.91 Å². The Labute approximate surface area is 93.0 Å². The number of carbonyl (C=O) groups is 2. The van der Waals surface area contributed by atoms with Crippen LogP contribution in [0, 0.1) is 0 Å². The second-order valence-electron chi connectivity index (χ2n) is 3.18. The van der Waals surface area contributed by atoms with E-state index in [1.807, 2.05) is 0 Å². The molecule has 0 fully saturated rings. The van der Waals surface area contributed by atoms with Crippen LogP contribution in [0.4, 0.5) is 0 Å². The van der Waals surface area contributed by atoms with Gasteiger partial charge >= 0.3 is 5.97 Å². The fourth-order valence-electron chi connectivity index (χ4n) is 1.16. The number of hydrogen-bond donors (Lipinski definition) is 2. The fraction of sp³-hybridized carbons (Fsp3) is 0.273. The van der Waals surface area contributed by atoms with Crippen molar-refractivity contribution in [1.82, 2.24) is 5.32 Å². The number of benzene rings is 1. The molecule has 1 aromatic carbocycles. The van der Waals surface area contributed by atoms with Gasteiger partial charge in [0.25, 0.3) is 0 Å². The summed E-state index contributed by atoms with van der Waals surface area (Å²) < 4.78 is 4.99. The van der Waals surface area contributed by atoms with E-state index in [9.17, 15) is 9.59 Å². The average Bonchev–Trinajstić information content (AvgIpc) is 2.26. The second kappa shape index (κ2) is 5.75. The molecule has 1 amide bonds. The van der Waals surface area contributed by atoms with Gasteiger partial charge in [0.15, 0.2) is 6.61 Å². The molecule has 86 valence electrons. The van der Waals surface area contributed by atoms with Gasteiger partial charge in [-0.2, -0.15) is 0 Å². The number of hydrogen-bond acceptors (Lipinski definition) is 3. The van der Waals surface area contributed by atoms with Crippen molar-refractivity contribution in [3.05, 3.63) is 29.8 Å². The monoisotopic (exact) mass is 223 g/mol. The molecule has 5 heteroatoms. The third kappa shape index (κ3) is 4.00. The molecular weight excluding hydrogens is 210 g/mol. The molecule has 0 spiro atoms. The summed E-state index contributed by atoms with van der Waals surface area (Å²) in [5, 5.41) is 10.9. The third-order valence-electron chi connectivity index (χ3n) is 1.90. The van der Waals surface area contributed by atoms with E-state index < -0.39 is 5.97 Å². The summed E-state index contributed by atoms with van der Waals surface area (Å²) in [6.07, 6.45) is 0.251. The molecule has 5 nitrogen and oxygen atoms in total. The minimum absolute atomic E-state index is 0.101. The predicted octanol–water partition coefficient (Wildman–Crippen LogP) is 0.438. The van der Waals surface area contributed by atoms with Crippen LogP contribution in [0.3, 0.4) is 0 Å². The zero-order valence-electron chi connectivity index (χ0n) is 8.90. The van der Waals surface area contributed by atoms with E-state index in [4.69, 9.17) is 9.84 Å². The van der Waals surface area contributed by atoms with Crippen molar-refractivity contribution in [2.75, 3.05) is 13.7 Å². The molecule has 0 heterocycles. The second-order valence-corrected chi connectivity index (χ2v) is 3.18. The van der Waals surface area contributed by atoms with Crippen LogP contribution in [0.2, 0.25) is 0 Å². The third-order valence-corrected chi connectivity index (χ3v) is 1.90. The maximum absolute atomic E-state index is 11.1. The summed E-state index contributed by atoms with van der Waals surface area (Å²) in [6, 6.07) is 6.80. The topological polar surface area (TPSA) is 75.6 Å². The van der Waals surface area contributed by atoms with E-state index in [0.717, 1.165) is 5.56 Å².